The van der Waals surface area contributed by atoms with Crippen molar-refractivity contribution in [3.8, 4) is 0 Å². The highest BCUT2D eigenvalue weighted by Crippen LogP contribution is 2.38. The van der Waals surface area contributed by atoms with E-state index in [1.807, 2.05) is 27.2 Å². The van der Waals surface area contributed by atoms with Crippen LogP contribution in [0.4, 0.5) is 0 Å². The number of rotatable bonds is 37. The number of allylic oxidation sites excluding steroid dienone is 5. The van der Waals surface area contributed by atoms with Gasteiger partial charge in [-0.25, -0.2) is 0 Å². The van der Waals surface area contributed by atoms with Crippen molar-refractivity contribution in [2.24, 2.45) is 0 Å². The molecular formula is C42H81N2O6P. The molecule has 2 N–H and O–H groups in total. The number of nitrogens with one attached hydrogen (secondary N) is 1. The van der Waals surface area contributed by atoms with E-state index in [2.05, 4.69) is 43.5 Å². The molecule has 0 bridgehead atoms. The number of amides is 1. The van der Waals surface area contributed by atoms with Gasteiger partial charge in [-0.05, 0) is 51.4 Å². The van der Waals surface area contributed by atoms with Crippen molar-refractivity contribution in [3.63, 3.8) is 0 Å². The number of carbonyl (C=O) groups is 1. The third-order valence-electron chi connectivity index (χ3n) is 9.07. The number of nitrogens with zero attached hydrogens (tertiary/aromatic N) is 1. The fraction of sp³-hybridized carbons (Fsp3) is 0.833. The average molecular weight is 741 g/mol. The SMILES string of the molecule is CCCCCC/C=C\CCCC(=O)NC(COP(=O)([O-])OCC[N+](C)(C)C)C(O)/C=C/CC/C=C/CCCCCCCCCCCCCCCC. The van der Waals surface area contributed by atoms with Gasteiger partial charge in [-0.2, -0.15) is 0 Å². The first kappa shape index (κ1) is 49.7. The van der Waals surface area contributed by atoms with Gasteiger partial charge in [-0.3, -0.25) is 9.36 Å². The number of unbranched alkanes of at least 4 members (excludes halogenated alkanes) is 20. The van der Waals surface area contributed by atoms with Gasteiger partial charge in [0.05, 0.1) is 39.9 Å². The predicted octanol–water partition coefficient (Wildman–Crippen LogP) is 10.5. The van der Waals surface area contributed by atoms with Crippen LogP contribution in [0.3, 0.4) is 0 Å². The molecule has 51 heavy (non-hydrogen) atoms. The molecule has 0 aliphatic heterocycles. The molecule has 8 nitrogen and oxygen atoms in total. The molecule has 0 saturated carbocycles. The number of carbonyl (C=O) groups excluding carboxylic acids is 1. The lowest BCUT2D eigenvalue weighted by Crippen LogP contribution is -2.45. The minimum atomic E-state index is -4.59. The van der Waals surface area contributed by atoms with Crippen molar-refractivity contribution in [2.75, 3.05) is 40.9 Å². The third-order valence-corrected chi connectivity index (χ3v) is 10.0. The maximum Gasteiger partial charge on any atom is 0.268 e. The van der Waals surface area contributed by atoms with E-state index >= 15 is 0 Å². The van der Waals surface area contributed by atoms with Crippen LogP contribution in [0.25, 0.3) is 0 Å². The topological polar surface area (TPSA) is 108 Å². The lowest BCUT2D eigenvalue weighted by atomic mass is 10.0. The first-order valence-corrected chi connectivity index (χ1v) is 22.3. The third kappa shape index (κ3) is 36.9. The molecule has 0 rings (SSSR count). The van der Waals surface area contributed by atoms with Gasteiger partial charge in [0.15, 0.2) is 0 Å². The van der Waals surface area contributed by atoms with E-state index in [0.717, 1.165) is 32.1 Å². The lowest BCUT2D eigenvalue weighted by Gasteiger charge is -2.29. The Morgan fingerprint density at radius 2 is 1.10 bits per heavy atom. The average Bonchev–Trinajstić information content (AvgIpc) is 3.07. The van der Waals surface area contributed by atoms with E-state index in [4.69, 9.17) is 9.05 Å². The van der Waals surface area contributed by atoms with Crippen molar-refractivity contribution in [2.45, 2.75) is 187 Å². The van der Waals surface area contributed by atoms with Crippen LogP contribution in [0.5, 0.6) is 0 Å². The van der Waals surface area contributed by atoms with Gasteiger partial charge in [0, 0.05) is 6.42 Å². The standard InChI is InChI=1S/C42H81N2O6P/c1-6-8-10-12-14-16-17-18-19-20-21-22-23-24-25-26-28-29-31-33-35-41(45)40(39-50-51(47,48)49-38-37-44(3,4)5)43-42(46)36-34-32-30-27-15-13-11-9-7-2/h26-28,30,33,35,40-41,45H,6-25,29,31-32,34,36-39H2,1-5H3,(H-,43,46,47,48)/b28-26+,30-27-,35-33+. The summed E-state index contributed by atoms with van der Waals surface area (Å²) >= 11 is 0. The number of hydrogen-bond acceptors (Lipinski definition) is 6. The predicted molar refractivity (Wildman–Crippen MR) is 215 cm³/mol. The summed E-state index contributed by atoms with van der Waals surface area (Å²) in [5.41, 5.74) is 0. The van der Waals surface area contributed by atoms with E-state index in [1.54, 1.807) is 6.08 Å². The van der Waals surface area contributed by atoms with Gasteiger partial charge in [-0.1, -0.05) is 153 Å². The van der Waals surface area contributed by atoms with Crippen LogP contribution in [0.1, 0.15) is 174 Å². The van der Waals surface area contributed by atoms with Gasteiger partial charge in [0.1, 0.15) is 13.2 Å². The molecule has 0 aromatic carbocycles. The van der Waals surface area contributed by atoms with Gasteiger partial charge in [-0.15, -0.1) is 0 Å². The minimum Gasteiger partial charge on any atom is -0.756 e. The Morgan fingerprint density at radius 3 is 1.61 bits per heavy atom. The number of hydrogen-bond donors (Lipinski definition) is 2. The zero-order valence-corrected chi connectivity index (χ0v) is 34.7. The second kappa shape index (κ2) is 34.5. The summed E-state index contributed by atoms with van der Waals surface area (Å²) in [6, 6.07) is -0.914. The molecule has 0 fully saturated rings. The van der Waals surface area contributed by atoms with Crippen LogP contribution >= 0.6 is 7.82 Å². The van der Waals surface area contributed by atoms with Gasteiger partial charge >= 0.3 is 0 Å². The smallest absolute Gasteiger partial charge is 0.268 e. The van der Waals surface area contributed by atoms with Crippen molar-refractivity contribution in [3.05, 3.63) is 36.5 Å². The molecule has 300 valence electrons. The number of aliphatic hydroxyl groups excluding tert-OH is 1. The summed E-state index contributed by atoms with van der Waals surface area (Å²) in [4.78, 5) is 25.1. The van der Waals surface area contributed by atoms with Crippen LogP contribution in [0.2, 0.25) is 0 Å². The maximum absolute atomic E-state index is 12.7. The van der Waals surface area contributed by atoms with Crippen molar-refractivity contribution < 1.29 is 32.9 Å². The number of phosphoric acid groups is 1. The number of aliphatic hydroxyl groups is 1. The van der Waals surface area contributed by atoms with Crippen LogP contribution in [0, 0.1) is 0 Å². The summed E-state index contributed by atoms with van der Waals surface area (Å²) in [6.07, 6.45) is 40.7. The second-order valence-electron chi connectivity index (χ2n) is 15.3. The van der Waals surface area contributed by atoms with Crippen molar-refractivity contribution in [1.82, 2.24) is 5.32 Å². The molecule has 0 radical (unpaired) electrons. The number of quaternary nitrogens is 1. The molecule has 0 heterocycles. The van der Waals surface area contributed by atoms with E-state index in [-0.39, 0.29) is 18.9 Å². The quantitative estimate of drug-likeness (QED) is 0.0284. The summed E-state index contributed by atoms with van der Waals surface area (Å²) < 4.78 is 23.1. The first-order chi connectivity index (χ1) is 24.5. The van der Waals surface area contributed by atoms with Gasteiger partial charge < -0.3 is 28.8 Å². The molecule has 0 aliphatic rings. The Kier molecular flexibility index (Phi) is 33.6. The molecule has 1 amide bonds. The molecule has 3 unspecified atom stereocenters. The first-order valence-electron chi connectivity index (χ1n) is 20.9. The number of likely N-dealkylation sites (N-methyl/N-ethyl adjacent to an activating group) is 1. The van der Waals surface area contributed by atoms with E-state index in [1.165, 1.54) is 116 Å². The largest absolute Gasteiger partial charge is 0.756 e. The minimum absolute atomic E-state index is 0.0111. The normalized spacial score (nSPS) is 14.9. The Labute approximate surface area is 315 Å². The zero-order valence-electron chi connectivity index (χ0n) is 33.8. The van der Waals surface area contributed by atoms with Crippen molar-refractivity contribution in [1.29, 1.82) is 0 Å². The van der Waals surface area contributed by atoms with E-state index < -0.39 is 26.6 Å². The van der Waals surface area contributed by atoms with Crippen LogP contribution in [-0.2, 0) is 18.4 Å². The maximum atomic E-state index is 12.7. The second-order valence-corrected chi connectivity index (χ2v) is 16.7. The molecule has 0 saturated heterocycles. The summed E-state index contributed by atoms with van der Waals surface area (Å²) in [5, 5.41) is 13.7. The van der Waals surface area contributed by atoms with E-state index in [0.29, 0.717) is 17.4 Å². The van der Waals surface area contributed by atoms with Crippen LogP contribution < -0.4 is 10.2 Å². The zero-order chi connectivity index (χ0) is 37.9. The Morgan fingerprint density at radius 1 is 0.667 bits per heavy atom. The molecule has 9 heteroatoms. The van der Waals surface area contributed by atoms with Crippen molar-refractivity contribution >= 4 is 13.7 Å². The van der Waals surface area contributed by atoms with Gasteiger partial charge in [0.25, 0.3) is 7.82 Å². The molecule has 0 aliphatic carbocycles. The highest BCUT2D eigenvalue weighted by atomic mass is 31.2. The molecular weight excluding hydrogens is 659 g/mol. The molecule has 0 spiro atoms. The molecule has 3 atom stereocenters. The summed E-state index contributed by atoms with van der Waals surface area (Å²) in [7, 11) is 1.22. The Bertz CT molecular complexity index is 933. The molecule has 0 aromatic heterocycles. The molecule has 0 aromatic rings. The fourth-order valence-corrected chi connectivity index (χ4v) is 6.42. The highest BCUT2D eigenvalue weighted by molar-refractivity contribution is 7.45. The summed E-state index contributed by atoms with van der Waals surface area (Å²) in [5.74, 6) is -0.245. The van der Waals surface area contributed by atoms with Gasteiger partial charge in [0.2, 0.25) is 5.91 Å². The van der Waals surface area contributed by atoms with Crippen LogP contribution in [0.15, 0.2) is 36.5 Å². The summed E-state index contributed by atoms with van der Waals surface area (Å²) in [6.45, 7) is 4.55. The Hall–Kier alpha value is -1.28. The van der Waals surface area contributed by atoms with E-state index in [9.17, 15) is 19.4 Å². The number of phosphoric ester groups is 1. The Balaban J connectivity index is 4.45. The lowest BCUT2D eigenvalue weighted by molar-refractivity contribution is -0.870. The van der Waals surface area contributed by atoms with Crippen LogP contribution in [-0.4, -0.2) is 68.5 Å². The fourth-order valence-electron chi connectivity index (χ4n) is 5.70. The monoisotopic (exact) mass is 741 g/mol. The highest BCUT2D eigenvalue weighted by Gasteiger charge is 2.23.